The molecule has 0 radical (unpaired) electrons. The average molecular weight is 506 g/mol. The van der Waals surface area contributed by atoms with Crippen molar-refractivity contribution in [2.45, 2.75) is 32.0 Å². The van der Waals surface area contributed by atoms with Gasteiger partial charge >= 0.3 is 12.1 Å². The first-order valence-electron chi connectivity index (χ1n) is 10.4. The zero-order valence-corrected chi connectivity index (χ0v) is 19.3. The Hall–Kier alpha value is -3.53. The van der Waals surface area contributed by atoms with Gasteiger partial charge in [-0.3, -0.25) is 9.48 Å². The molecule has 2 aromatic carbocycles. The van der Waals surface area contributed by atoms with Gasteiger partial charge in [-0.25, -0.2) is 8.78 Å². The summed E-state index contributed by atoms with van der Waals surface area (Å²) in [5.41, 5.74) is -0.858. The maximum absolute atomic E-state index is 14.2. The molecule has 4 rings (SSSR count). The zero-order valence-electron chi connectivity index (χ0n) is 18.5. The summed E-state index contributed by atoms with van der Waals surface area (Å²) in [6, 6.07) is 14.0. The first-order chi connectivity index (χ1) is 16.4. The number of rotatable bonds is 6. The molecule has 0 amide bonds. The van der Waals surface area contributed by atoms with Gasteiger partial charge in [0.05, 0.1) is 22.5 Å². The summed E-state index contributed by atoms with van der Waals surface area (Å²) in [5, 5.41) is 13.2. The van der Waals surface area contributed by atoms with Crippen molar-refractivity contribution in [3.05, 3.63) is 89.1 Å². The van der Waals surface area contributed by atoms with Gasteiger partial charge in [0.15, 0.2) is 5.69 Å². The number of alkyl halides is 3. The lowest BCUT2D eigenvalue weighted by molar-refractivity contribution is -0.143. The third-order valence-corrected chi connectivity index (χ3v) is 6.82. The molecule has 2 aromatic heterocycles. The van der Waals surface area contributed by atoms with E-state index in [1.807, 2.05) is 0 Å². The summed E-state index contributed by atoms with van der Waals surface area (Å²) >= 11 is 1.19. The lowest BCUT2D eigenvalue weighted by Crippen LogP contribution is -2.28. The van der Waals surface area contributed by atoms with Crippen LogP contribution in [-0.2, 0) is 22.9 Å². The number of aliphatic carboxylic acids is 1. The number of carboxylic acids is 1. The Morgan fingerprint density at radius 1 is 1.00 bits per heavy atom. The number of halogens is 5. The van der Waals surface area contributed by atoms with Gasteiger partial charge in [-0.1, -0.05) is 24.3 Å². The third kappa shape index (κ3) is 4.97. The molecule has 0 aliphatic carbocycles. The van der Waals surface area contributed by atoms with E-state index < -0.39 is 34.9 Å². The highest BCUT2D eigenvalue weighted by Crippen LogP contribution is 2.39. The van der Waals surface area contributed by atoms with Crippen LogP contribution in [0.2, 0.25) is 0 Å². The topological polar surface area (TPSA) is 55.1 Å². The summed E-state index contributed by atoms with van der Waals surface area (Å²) in [7, 11) is 0. The second-order valence-electron chi connectivity index (χ2n) is 8.48. The SMILES string of the molecule is CC(C)(C(=O)O)c1cccc(-c2ccc(-c3cc(C(F)(F)F)nn3Cc3ccc(F)cc3F)s2)c1. The van der Waals surface area contributed by atoms with E-state index in [0.717, 1.165) is 16.8 Å². The van der Waals surface area contributed by atoms with Crippen LogP contribution in [0.25, 0.3) is 21.0 Å². The van der Waals surface area contributed by atoms with E-state index in [9.17, 15) is 31.9 Å². The van der Waals surface area contributed by atoms with Crippen LogP contribution in [0.15, 0.2) is 60.7 Å². The van der Waals surface area contributed by atoms with Crippen LogP contribution in [0.3, 0.4) is 0 Å². The van der Waals surface area contributed by atoms with Crippen LogP contribution in [-0.4, -0.2) is 20.9 Å². The molecular weight excluding hydrogens is 487 g/mol. The second-order valence-corrected chi connectivity index (χ2v) is 9.56. The van der Waals surface area contributed by atoms with E-state index >= 15 is 0 Å². The molecule has 0 saturated carbocycles. The van der Waals surface area contributed by atoms with Crippen LogP contribution in [0, 0.1) is 11.6 Å². The van der Waals surface area contributed by atoms with Gasteiger partial charge in [-0.15, -0.1) is 11.3 Å². The molecule has 1 N–H and O–H groups in total. The van der Waals surface area contributed by atoms with Gasteiger partial charge in [0, 0.05) is 16.5 Å². The maximum atomic E-state index is 14.2. The first-order valence-corrected chi connectivity index (χ1v) is 11.2. The zero-order chi connectivity index (χ0) is 25.5. The smallest absolute Gasteiger partial charge is 0.435 e. The van der Waals surface area contributed by atoms with Gasteiger partial charge in [0.25, 0.3) is 0 Å². The minimum absolute atomic E-state index is 0.00939. The maximum Gasteiger partial charge on any atom is 0.435 e. The van der Waals surface area contributed by atoms with Crippen LogP contribution < -0.4 is 0 Å². The number of nitrogens with zero attached hydrogens (tertiary/aromatic N) is 2. The third-order valence-electron chi connectivity index (χ3n) is 5.67. The summed E-state index contributed by atoms with van der Waals surface area (Å²) < 4.78 is 68.7. The normalized spacial score (nSPS) is 12.2. The molecule has 0 atom stereocenters. The van der Waals surface area contributed by atoms with E-state index in [2.05, 4.69) is 5.10 Å². The fourth-order valence-electron chi connectivity index (χ4n) is 3.50. The molecule has 182 valence electrons. The van der Waals surface area contributed by atoms with Crippen molar-refractivity contribution >= 4 is 17.3 Å². The molecule has 0 aliphatic heterocycles. The number of aromatic nitrogens is 2. The van der Waals surface area contributed by atoms with Crippen molar-refractivity contribution in [2.75, 3.05) is 0 Å². The minimum Gasteiger partial charge on any atom is -0.481 e. The van der Waals surface area contributed by atoms with E-state index in [1.54, 1.807) is 50.2 Å². The quantitative estimate of drug-likeness (QED) is 0.287. The number of thiophene rings is 1. The standard InChI is InChI=1S/C25H19F5N2O2S/c1-24(2,23(33)34)16-5-3-4-14(10-16)20-8-9-21(35-20)19-12-22(25(28,29)30)31-32(19)13-15-6-7-17(26)11-18(15)27/h3-12H,13H2,1-2H3,(H,33,34). The summed E-state index contributed by atoms with van der Waals surface area (Å²) in [6.45, 7) is 2.84. The molecule has 4 nitrogen and oxygen atoms in total. The Labute approximate surface area is 201 Å². The van der Waals surface area contributed by atoms with Crippen LogP contribution in [0.5, 0.6) is 0 Å². The lowest BCUT2D eigenvalue weighted by atomic mass is 9.84. The molecule has 2 heterocycles. The predicted molar refractivity (Wildman–Crippen MR) is 122 cm³/mol. The monoisotopic (exact) mass is 506 g/mol. The minimum atomic E-state index is -4.71. The van der Waals surface area contributed by atoms with Gasteiger partial charge in [0.1, 0.15) is 11.6 Å². The fraction of sp³-hybridized carbons (Fsp3) is 0.200. The van der Waals surface area contributed by atoms with Gasteiger partial charge in [-0.05, 0) is 55.3 Å². The molecule has 35 heavy (non-hydrogen) atoms. The first kappa shape index (κ1) is 24.6. The fourth-order valence-corrected chi connectivity index (χ4v) is 4.52. The Morgan fingerprint density at radius 3 is 2.37 bits per heavy atom. The largest absolute Gasteiger partial charge is 0.481 e. The predicted octanol–water partition coefficient (Wildman–Crippen LogP) is 6.99. The van der Waals surface area contributed by atoms with Crippen LogP contribution >= 0.6 is 11.3 Å². The number of carbonyl (C=O) groups is 1. The lowest BCUT2D eigenvalue weighted by Gasteiger charge is -2.20. The highest BCUT2D eigenvalue weighted by molar-refractivity contribution is 7.18. The second kappa shape index (κ2) is 8.92. The Kier molecular flexibility index (Phi) is 6.27. The van der Waals surface area contributed by atoms with E-state index in [4.69, 9.17) is 0 Å². The number of hydrogen-bond acceptors (Lipinski definition) is 3. The van der Waals surface area contributed by atoms with Crippen molar-refractivity contribution in [3.63, 3.8) is 0 Å². The van der Waals surface area contributed by atoms with Crippen molar-refractivity contribution in [2.24, 2.45) is 0 Å². The van der Waals surface area contributed by atoms with Gasteiger partial charge in [0.2, 0.25) is 0 Å². The number of carboxylic acid groups (broad SMARTS) is 1. The van der Waals surface area contributed by atoms with E-state index in [-0.39, 0.29) is 17.8 Å². The highest BCUT2D eigenvalue weighted by Gasteiger charge is 2.35. The van der Waals surface area contributed by atoms with Crippen molar-refractivity contribution < 1.29 is 31.9 Å². The van der Waals surface area contributed by atoms with Crippen molar-refractivity contribution in [3.8, 4) is 21.0 Å². The molecule has 0 bridgehead atoms. The Balaban J connectivity index is 1.74. The Bertz CT molecular complexity index is 1410. The molecule has 0 saturated heterocycles. The summed E-state index contributed by atoms with van der Waals surface area (Å²) in [5.74, 6) is -2.66. The molecule has 10 heteroatoms. The van der Waals surface area contributed by atoms with E-state index in [0.29, 0.717) is 26.9 Å². The summed E-state index contributed by atoms with van der Waals surface area (Å²) in [6.07, 6.45) is -4.71. The van der Waals surface area contributed by atoms with Crippen LogP contribution in [0.4, 0.5) is 22.0 Å². The van der Waals surface area contributed by atoms with Crippen LogP contribution in [0.1, 0.15) is 30.7 Å². The molecule has 4 aromatic rings. The molecule has 0 aliphatic rings. The van der Waals surface area contributed by atoms with Gasteiger partial charge in [-0.2, -0.15) is 18.3 Å². The average Bonchev–Trinajstić information content (AvgIpc) is 3.43. The number of benzene rings is 2. The molecular formula is C25H19F5N2O2S. The highest BCUT2D eigenvalue weighted by atomic mass is 32.1. The number of hydrogen-bond donors (Lipinski definition) is 1. The van der Waals surface area contributed by atoms with Gasteiger partial charge < -0.3 is 5.11 Å². The van der Waals surface area contributed by atoms with Crippen molar-refractivity contribution in [1.82, 2.24) is 9.78 Å². The Morgan fingerprint density at radius 2 is 1.71 bits per heavy atom. The van der Waals surface area contributed by atoms with E-state index in [1.165, 1.54) is 17.4 Å². The van der Waals surface area contributed by atoms with Crippen molar-refractivity contribution in [1.29, 1.82) is 0 Å². The molecule has 0 fully saturated rings. The molecule has 0 spiro atoms. The summed E-state index contributed by atoms with van der Waals surface area (Å²) in [4.78, 5) is 12.8. The molecule has 0 unspecified atom stereocenters.